The zero-order chi connectivity index (χ0) is 49.3. The SMILES string of the molecule is CCCCC/C=C\C/C=C\CCCCCCCCCCCC(=O)OCCCC/C=C\CCCCCCC(=O)NC(CO)C(O)CCCCCCCCCCCCCCCCCCCCCCCC. The van der Waals surface area contributed by atoms with Gasteiger partial charge in [0, 0.05) is 12.8 Å². The highest BCUT2D eigenvalue weighted by atomic mass is 16.5. The van der Waals surface area contributed by atoms with E-state index in [0.717, 1.165) is 83.5 Å². The fourth-order valence-electron chi connectivity index (χ4n) is 9.25. The van der Waals surface area contributed by atoms with Gasteiger partial charge in [0.1, 0.15) is 0 Å². The van der Waals surface area contributed by atoms with Gasteiger partial charge in [-0.2, -0.15) is 0 Å². The third-order valence-corrected chi connectivity index (χ3v) is 13.9. The fraction of sp³-hybridized carbons (Fsp3) is 0.871. The highest BCUT2D eigenvalue weighted by molar-refractivity contribution is 5.76. The minimum Gasteiger partial charge on any atom is -0.466 e. The lowest BCUT2D eigenvalue weighted by molar-refractivity contribution is -0.143. The van der Waals surface area contributed by atoms with Crippen molar-refractivity contribution in [2.24, 2.45) is 0 Å². The number of amides is 1. The molecule has 2 unspecified atom stereocenters. The van der Waals surface area contributed by atoms with Crippen molar-refractivity contribution < 1.29 is 24.5 Å². The lowest BCUT2D eigenvalue weighted by Crippen LogP contribution is -2.45. The summed E-state index contributed by atoms with van der Waals surface area (Å²) in [6.07, 6.45) is 71.4. The number of nitrogens with one attached hydrogen (secondary N) is 1. The minimum atomic E-state index is -0.688. The number of rotatable bonds is 56. The molecule has 0 heterocycles. The van der Waals surface area contributed by atoms with Crippen LogP contribution in [0.5, 0.6) is 0 Å². The number of hydrogen-bond donors (Lipinski definition) is 3. The second kappa shape index (κ2) is 57.7. The van der Waals surface area contributed by atoms with Crippen LogP contribution in [0.15, 0.2) is 36.5 Å². The van der Waals surface area contributed by atoms with Crippen LogP contribution in [0.25, 0.3) is 0 Å². The number of carbonyl (C=O) groups excluding carboxylic acids is 2. The summed E-state index contributed by atoms with van der Waals surface area (Å²) in [5.41, 5.74) is 0. The Morgan fingerprint density at radius 2 is 0.735 bits per heavy atom. The van der Waals surface area contributed by atoms with E-state index in [-0.39, 0.29) is 18.5 Å². The van der Waals surface area contributed by atoms with Gasteiger partial charge in [0.2, 0.25) is 5.91 Å². The van der Waals surface area contributed by atoms with Gasteiger partial charge in [-0.05, 0) is 83.5 Å². The van der Waals surface area contributed by atoms with Crippen LogP contribution in [-0.2, 0) is 14.3 Å². The Morgan fingerprint density at radius 3 is 1.16 bits per heavy atom. The Bertz CT molecular complexity index is 1100. The third-order valence-electron chi connectivity index (χ3n) is 13.9. The summed E-state index contributed by atoms with van der Waals surface area (Å²) in [6.45, 7) is 4.86. The first-order valence-electron chi connectivity index (χ1n) is 30.2. The number of hydrogen-bond acceptors (Lipinski definition) is 5. The molecule has 68 heavy (non-hydrogen) atoms. The normalized spacial score (nSPS) is 12.8. The van der Waals surface area contributed by atoms with Gasteiger partial charge in [-0.3, -0.25) is 9.59 Å². The van der Waals surface area contributed by atoms with E-state index in [9.17, 15) is 19.8 Å². The molecule has 0 radical (unpaired) electrons. The van der Waals surface area contributed by atoms with Crippen LogP contribution in [0.4, 0.5) is 0 Å². The molecule has 0 aliphatic carbocycles. The zero-order valence-electron chi connectivity index (χ0n) is 45.6. The number of carbonyl (C=O) groups is 2. The number of ether oxygens (including phenoxy) is 1. The molecule has 0 aromatic rings. The van der Waals surface area contributed by atoms with Crippen LogP contribution >= 0.6 is 0 Å². The molecule has 0 rings (SSSR count). The highest BCUT2D eigenvalue weighted by Gasteiger charge is 2.20. The number of allylic oxidation sites excluding steroid dienone is 6. The van der Waals surface area contributed by atoms with E-state index in [4.69, 9.17) is 4.74 Å². The Labute approximate surface area is 424 Å². The molecule has 1 amide bonds. The van der Waals surface area contributed by atoms with Crippen molar-refractivity contribution in [2.45, 2.75) is 334 Å². The molecule has 0 saturated carbocycles. The van der Waals surface area contributed by atoms with E-state index in [1.165, 1.54) is 205 Å². The first-order chi connectivity index (χ1) is 33.5. The molecule has 400 valence electrons. The maximum absolute atomic E-state index is 12.5. The van der Waals surface area contributed by atoms with Crippen molar-refractivity contribution in [2.75, 3.05) is 13.2 Å². The molecule has 0 bridgehead atoms. The van der Waals surface area contributed by atoms with Gasteiger partial charge in [0.15, 0.2) is 0 Å². The van der Waals surface area contributed by atoms with Crippen molar-refractivity contribution in [3.05, 3.63) is 36.5 Å². The smallest absolute Gasteiger partial charge is 0.305 e. The molecule has 0 spiro atoms. The van der Waals surface area contributed by atoms with Crippen molar-refractivity contribution in [1.82, 2.24) is 5.32 Å². The number of aliphatic hydroxyl groups is 2. The molecular weight excluding hydrogens is 839 g/mol. The van der Waals surface area contributed by atoms with E-state index < -0.39 is 12.1 Å². The van der Waals surface area contributed by atoms with Crippen LogP contribution in [0.2, 0.25) is 0 Å². The quantitative estimate of drug-likeness (QED) is 0.0321. The number of unbranched alkanes of at least 4 members (excludes halogenated alkanes) is 39. The van der Waals surface area contributed by atoms with E-state index >= 15 is 0 Å². The van der Waals surface area contributed by atoms with E-state index in [1.54, 1.807) is 0 Å². The average Bonchev–Trinajstić information content (AvgIpc) is 3.34. The average molecular weight is 957 g/mol. The molecule has 6 heteroatoms. The topological polar surface area (TPSA) is 95.9 Å². The van der Waals surface area contributed by atoms with E-state index in [2.05, 4.69) is 55.6 Å². The van der Waals surface area contributed by atoms with Crippen molar-refractivity contribution in [3.8, 4) is 0 Å². The van der Waals surface area contributed by atoms with Gasteiger partial charge < -0.3 is 20.3 Å². The Kier molecular flexibility index (Phi) is 56.0. The van der Waals surface area contributed by atoms with Crippen LogP contribution in [0.1, 0.15) is 322 Å². The standard InChI is InChI=1S/C62H117NO5/c1-3-5-7-9-11-13-15-17-19-21-23-24-25-27-28-30-32-34-38-42-46-50-54-60(65)59(58-64)63-61(66)55-51-47-43-39-36-37-41-45-49-53-57-68-62(67)56-52-48-44-40-35-33-31-29-26-22-20-18-16-14-12-10-8-6-4-2/h12,14,18,20,37,41,59-60,64-65H,3-11,13,15-17,19,21-36,38-40,42-58H2,1-2H3,(H,63,66)/b14-12-,20-18-,41-37-. The lowest BCUT2D eigenvalue weighted by atomic mass is 10.0. The van der Waals surface area contributed by atoms with Crippen LogP contribution < -0.4 is 5.32 Å². The fourth-order valence-corrected chi connectivity index (χ4v) is 9.25. The minimum absolute atomic E-state index is 0.0394. The molecule has 3 N–H and O–H groups in total. The maximum Gasteiger partial charge on any atom is 0.305 e. The number of esters is 1. The predicted octanol–water partition coefficient (Wildman–Crippen LogP) is 18.8. The second-order valence-corrected chi connectivity index (χ2v) is 20.7. The Balaban J connectivity index is 3.50. The molecule has 2 atom stereocenters. The summed E-state index contributed by atoms with van der Waals surface area (Å²) in [4.78, 5) is 24.6. The van der Waals surface area contributed by atoms with Crippen molar-refractivity contribution >= 4 is 11.9 Å². The van der Waals surface area contributed by atoms with E-state index in [0.29, 0.717) is 25.9 Å². The molecule has 0 fully saturated rings. The first-order valence-corrected chi connectivity index (χ1v) is 30.2. The molecule has 6 nitrogen and oxygen atoms in total. The van der Waals surface area contributed by atoms with Crippen LogP contribution in [-0.4, -0.2) is 47.4 Å². The third kappa shape index (κ3) is 53.4. The Morgan fingerprint density at radius 1 is 0.412 bits per heavy atom. The first kappa shape index (κ1) is 66.1. The summed E-state index contributed by atoms with van der Waals surface area (Å²) in [6, 6.07) is -0.569. The molecular formula is C62H117NO5. The van der Waals surface area contributed by atoms with E-state index in [1.807, 2.05) is 0 Å². The molecule has 0 aliphatic rings. The molecule has 0 aliphatic heterocycles. The molecule has 0 aromatic heterocycles. The molecule has 0 aromatic carbocycles. The van der Waals surface area contributed by atoms with Gasteiger partial charge >= 0.3 is 5.97 Å². The summed E-state index contributed by atoms with van der Waals surface area (Å²) < 4.78 is 5.45. The van der Waals surface area contributed by atoms with Gasteiger partial charge in [-0.1, -0.05) is 262 Å². The second-order valence-electron chi connectivity index (χ2n) is 20.7. The van der Waals surface area contributed by atoms with Gasteiger partial charge in [0.25, 0.3) is 0 Å². The van der Waals surface area contributed by atoms with Gasteiger partial charge in [-0.25, -0.2) is 0 Å². The summed E-state index contributed by atoms with van der Waals surface area (Å²) in [5, 5.41) is 23.3. The summed E-state index contributed by atoms with van der Waals surface area (Å²) in [7, 11) is 0. The van der Waals surface area contributed by atoms with Crippen LogP contribution in [0.3, 0.4) is 0 Å². The Hall–Kier alpha value is -1.92. The number of aliphatic hydroxyl groups excluding tert-OH is 2. The zero-order valence-corrected chi connectivity index (χ0v) is 45.6. The lowest BCUT2D eigenvalue weighted by Gasteiger charge is -2.22. The summed E-state index contributed by atoms with van der Waals surface area (Å²) in [5.74, 6) is -0.108. The maximum atomic E-state index is 12.5. The summed E-state index contributed by atoms with van der Waals surface area (Å²) >= 11 is 0. The van der Waals surface area contributed by atoms with Crippen molar-refractivity contribution in [1.29, 1.82) is 0 Å². The van der Waals surface area contributed by atoms with Gasteiger partial charge in [-0.15, -0.1) is 0 Å². The largest absolute Gasteiger partial charge is 0.466 e. The van der Waals surface area contributed by atoms with Crippen molar-refractivity contribution in [3.63, 3.8) is 0 Å². The highest BCUT2D eigenvalue weighted by Crippen LogP contribution is 2.17. The monoisotopic (exact) mass is 956 g/mol. The van der Waals surface area contributed by atoms with Gasteiger partial charge in [0.05, 0.1) is 25.4 Å². The molecule has 0 saturated heterocycles. The van der Waals surface area contributed by atoms with Crippen LogP contribution in [0, 0.1) is 0 Å². The predicted molar refractivity (Wildman–Crippen MR) is 296 cm³/mol.